The standard InChI is InChI=1S/C20H21F3N2O2/c1-25-9-7-14(8-10-25)15-11-16(20(21,22)23)13-17(12-15)24-19(26)27-18-5-3-2-4-6-18/h2-6,11-14H,7-10H2,1H3,(H,24,26). The van der Waals surface area contributed by atoms with Crippen molar-refractivity contribution in [2.45, 2.75) is 24.9 Å². The van der Waals surface area contributed by atoms with Gasteiger partial charge in [0.05, 0.1) is 5.56 Å². The van der Waals surface area contributed by atoms with Gasteiger partial charge in [-0.1, -0.05) is 18.2 Å². The number of para-hydroxylation sites is 1. The van der Waals surface area contributed by atoms with E-state index >= 15 is 0 Å². The van der Waals surface area contributed by atoms with Crippen molar-refractivity contribution in [3.8, 4) is 5.75 Å². The van der Waals surface area contributed by atoms with Gasteiger partial charge in [-0.25, -0.2) is 4.79 Å². The SMILES string of the molecule is CN1CCC(c2cc(NC(=O)Oc3ccccc3)cc(C(F)(F)F)c2)CC1. The molecule has 27 heavy (non-hydrogen) atoms. The fourth-order valence-corrected chi connectivity index (χ4v) is 3.20. The number of piperidine rings is 1. The molecule has 1 heterocycles. The summed E-state index contributed by atoms with van der Waals surface area (Å²) in [5.74, 6) is 0.353. The van der Waals surface area contributed by atoms with Crippen molar-refractivity contribution < 1.29 is 22.7 Å². The quantitative estimate of drug-likeness (QED) is 0.805. The topological polar surface area (TPSA) is 41.6 Å². The normalized spacial score (nSPS) is 16.1. The number of nitrogens with one attached hydrogen (secondary N) is 1. The molecule has 1 aliphatic heterocycles. The van der Waals surface area contributed by atoms with Gasteiger partial charge in [0.2, 0.25) is 0 Å². The number of nitrogens with zero attached hydrogens (tertiary/aromatic N) is 1. The number of halogens is 3. The maximum atomic E-state index is 13.3. The molecule has 0 unspecified atom stereocenters. The lowest BCUT2D eigenvalue weighted by Crippen LogP contribution is -2.29. The van der Waals surface area contributed by atoms with Gasteiger partial charge in [-0.15, -0.1) is 0 Å². The van der Waals surface area contributed by atoms with Crippen LogP contribution in [0.3, 0.4) is 0 Å². The van der Waals surface area contributed by atoms with E-state index in [9.17, 15) is 18.0 Å². The molecule has 0 saturated carbocycles. The summed E-state index contributed by atoms with van der Waals surface area (Å²) in [5, 5.41) is 2.42. The predicted octanol–water partition coefficient (Wildman–Crippen LogP) is 5.13. The molecule has 7 heteroatoms. The lowest BCUT2D eigenvalue weighted by atomic mass is 9.88. The number of carbonyl (C=O) groups is 1. The zero-order valence-electron chi connectivity index (χ0n) is 14.9. The molecule has 1 N–H and O–H groups in total. The number of alkyl halides is 3. The van der Waals surface area contributed by atoms with Gasteiger partial charge >= 0.3 is 12.3 Å². The largest absolute Gasteiger partial charge is 0.417 e. The average molecular weight is 378 g/mol. The van der Waals surface area contributed by atoms with E-state index in [1.165, 1.54) is 6.07 Å². The van der Waals surface area contributed by atoms with Crippen molar-refractivity contribution in [2.75, 3.05) is 25.5 Å². The maximum Gasteiger partial charge on any atom is 0.417 e. The van der Waals surface area contributed by atoms with E-state index in [1.54, 1.807) is 36.4 Å². The molecule has 2 aromatic carbocycles. The van der Waals surface area contributed by atoms with Gasteiger partial charge in [-0.05, 0) is 74.8 Å². The summed E-state index contributed by atoms with van der Waals surface area (Å²) in [6, 6.07) is 12.1. The van der Waals surface area contributed by atoms with Crippen molar-refractivity contribution >= 4 is 11.8 Å². The summed E-state index contributed by atoms with van der Waals surface area (Å²) in [6.45, 7) is 1.67. The zero-order valence-corrected chi connectivity index (χ0v) is 14.9. The Morgan fingerprint density at radius 2 is 1.78 bits per heavy atom. The van der Waals surface area contributed by atoms with Crippen molar-refractivity contribution in [1.29, 1.82) is 0 Å². The second-order valence-corrected chi connectivity index (χ2v) is 6.75. The first kappa shape index (κ1) is 19.2. The molecule has 0 radical (unpaired) electrons. The number of amides is 1. The number of likely N-dealkylation sites (tertiary alicyclic amines) is 1. The molecule has 4 nitrogen and oxygen atoms in total. The van der Waals surface area contributed by atoms with E-state index < -0.39 is 17.8 Å². The number of carbonyl (C=O) groups excluding carboxylic acids is 1. The van der Waals surface area contributed by atoms with Crippen LogP contribution in [0.4, 0.5) is 23.7 Å². The van der Waals surface area contributed by atoms with Gasteiger partial charge in [-0.2, -0.15) is 13.2 Å². The van der Waals surface area contributed by atoms with E-state index in [-0.39, 0.29) is 11.6 Å². The first-order valence-electron chi connectivity index (χ1n) is 8.76. The minimum Gasteiger partial charge on any atom is -0.410 e. The Bertz CT molecular complexity index is 786. The molecule has 1 saturated heterocycles. The third kappa shape index (κ3) is 5.23. The molecular formula is C20H21F3N2O2. The highest BCUT2D eigenvalue weighted by atomic mass is 19.4. The number of ether oxygens (including phenoxy) is 1. The second kappa shape index (κ2) is 8.00. The fourth-order valence-electron chi connectivity index (χ4n) is 3.20. The number of anilines is 1. The first-order chi connectivity index (χ1) is 12.8. The van der Waals surface area contributed by atoms with Crippen molar-refractivity contribution in [3.63, 3.8) is 0 Å². The predicted molar refractivity (Wildman–Crippen MR) is 97.0 cm³/mol. The minimum atomic E-state index is -4.48. The highest BCUT2D eigenvalue weighted by molar-refractivity contribution is 5.86. The van der Waals surface area contributed by atoms with Gasteiger partial charge in [0.1, 0.15) is 5.75 Å². The van der Waals surface area contributed by atoms with Crippen LogP contribution in [-0.4, -0.2) is 31.1 Å². The van der Waals surface area contributed by atoms with Crippen molar-refractivity contribution in [3.05, 3.63) is 59.7 Å². The molecule has 0 aromatic heterocycles. The molecule has 0 aliphatic carbocycles. The highest BCUT2D eigenvalue weighted by Crippen LogP contribution is 2.36. The van der Waals surface area contributed by atoms with Crippen LogP contribution in [0, 0.1) is 0 Å². The van der Waals surface area contributed by atoms with E-state index in [4.69, 9.17) is 4.74 Å². The van der Waals surface area contributed by atoms with Crippen LogP contribution in [-0.2, 0) is 6.18 Å². The van der Waals surface area contributed by atoms with Gasteiger partial charge < -0.3 is 9.64 Å². The Hall–Kier alpha value is -2.54. The summed E-state index contributed by atoms with van der Waals surface area (Å²) in [4.78, 5) is 14.2. The molecule has 1 aliphatic rings. The summed E-state index contributed by atoms with van der Waals surface area (Å²) in [5.41, 5.74) is -0.0958. The molecule has 144 valence electrons. The van der Waals surface area contributed by atoms with Gasteiger partial charge in [0, 0.05) is 5.69 Å². The number of hydrogen-bond donors (Lipinski definition) is 1. The maximum absolute atomic E-state index is 13.3. The average Bonchev–Trinajstić information content (AvgIpc) is 2.62. The third-order valence-electron chi connectivity index (χ3n) is 4.67. The van der Waals surface area contributed by atoms with Gasteiger partial charge in [0.25, 0.3) is 0 Å². The molecule has 3 rings (SSSR count). The van der Waals surface area contributed by atoms with Crippen molar-refractivity contribution in [1.82, 2.24) is 4.90 Å². The van der Waals surface area contributed by atoms with E-state index in [1.807, 2.05) is 7.05 Å². The summed E-state index contributed by atoms with van der Waals surface area (Å²) < 4.78 is 45.0. The molecule has 2 aromatic rings. The monoisotopic (exact) mass is 378 g/mol. The molecule has 1 amide bonds. The van der Waals surface area contributed by atoms with Crippen LogP contribution in [0.1, 0.15) is 29.9 Å². The zero-order chi connectivity index (χ0) is 19.4. The molecule has 0 bridgehead atoms. The van der Waals surface area contributed by atoms with Crippen LogP contribution in [0.5, 0.6) is 5.75 Å². The molecular weight excluding hydrogens is 357 g/mol. The molecule has 0 atom stereocenters. The highest BCUT2D eigenvalue weighted by Gasteiger charge is 2.32. The first-order valence-corrected chi connectivity index (χ1v) is 8.76. The summed E-state index contributed by atoms with van der Waals surface area (Å²) in [6.07, 6.45) is -3.74. The molecule has 1 fully saturated rings. The summed E-state index contributed by atoms with van der Waals surface area (Å²) in [7, 11) is 1.99. The minimum absolute atomic E-state index is 0.0363. The Morgan fingerprint density at radius 3 is 2.41 bits per heavy atom. The second-order valence-electron chi connectivity index (χ2n) is 6.75. The third-order valence-corrected chi connectivity index (χ3v) is 4.67. The number of benzene rings is 2. The van der Waals surface area contributed by atoms with Crippen LogP contribution in [0.2, 0.25) is 0 Å². The van der Waals surface area contributed by atoms with Crippen LogP contribution in [0.25, 0.3) is 0 Å². The van der Waals surface area contributed by atoms with Crippen molar-refractivity contribution in [2.24, 2.45) is 0 Å². The number of rotatable bonds is 3. The Morgan fingerprint density at radius 1 is 1.11 bits per heavy atom. The van der Waals surface area contributed by atoms with E-state index in [0.29, 0.717) is 11.3 Å². The fraction of sp³-hybridized carbons (Fsp3) is 0.350. The lowest BCUT2D eigenvalue weighted by Gasteiger charge is -2.29. The number of hydrogen-bond acceptors (Lipinski definition) is 3. The van der Waals surface area contributed by atoms with Crippen LogP contribution >= 0.6 is 0 Å². The lowest BCUT2D eigenvalue weighted by molar-refractivity contribution is -0.137. The van der Waals surface area contributed by atoms with E-state index in [0.717, 1.165) is 32.0 Å². The Labute approximate surface area is 155 Å². The van der Waals surface area contributed by atoms with E-state index in [2.05, 4.69) is 10.2 Å². The summed E-state index contributed by atoms with van der Waals surface area (Å²) >= 11 is 0. The van der Waals surface area contributed by atoms with Crippen LogP contribution < -0.4 is 10.1 Å². The van der Waals surface area contributed by atoms with Crippen LogP contribution in [0.15, 0.2) is 48.5 Å². The Balaban J connectivity index is 1.81. The molecule has 0 spiro atoms. The smallest absolute Gasteiger partial charge is 0.410 e. The van der Waals surface area contributed by atoms with Gasteiger partial charge in [-0.3, -0.25) is 5.32 Å². The van der Waals surface area contributed by atoms with Gasteiger partial charge in [0.15, 0.2) is 0 Å². The Kier molecular flexibility index (Phi) is 5.70.